The highest BCUT2D eigenvalue weighted by Crippen LogP contribution is 2.46. The Morgan fingerprint density at radius 2 is 1.84 bits per heavy atom. The van der Waals surface area contributed by atoms with E-state index in [4.69, 9.17) is 9.47 Å². The monoisotopic (exact) mass is 344 g/mol. The van der Waals surface area contributed by atoms with Gasteiger partial charge in [0.1, 0.15) is 0 Å². The summed E-state index contributed by atoms with van der Waals surface area (Å²) in [5, 5.41) is 0. The van der Waals surface area contributed by atoms with Crippen molar-refractivity contribution in [3.63, 3.8) is 0 Å². The third-order valence-electron chi connectivity index (χ3n) is 6.31. The molecule has 0 radical (unpaired) electrons. The van der Waals surface area contributed by atoms with Gasteiger partial charge in [-0.05, 0) is 44.0 Å². The fraction of sp³-hybridized carbons (Fsp3) is 0.650. The van der Waals surface area contributed by atoms with Gasteiger partial charge in [-0.2, -0.15) is 0 Å². The van der Waals surface area contributed by atoms with E-state index < -0.39 is 0 Å². The molecule has 5 heteroatoms. The first-order valence-electron chi connectivity index (χ1n) is 9.59. The van der Waals surface area contributed by atoms with Crippen LogP contribution in [-0.4, -0.2) is 43.8 Å². The summed E-state index contributed by atoms with van der Waals surface area (Å²) in [5.41, 5.74) is 0.806. The number of carbonyl (C=O) groups is 1. The first-order chi connectivity index (χ1) is 12.1. The maximum atomic E-state index is 12.9. The maximum Gasteiger partial charge on any atom is 0.235 e. The molecule has 0 bridgehead atoms. The molecular formula is C20H28N2O3. The van der Waals surface area contributed by atoms with Crippen LogP contribution in [0.15, 0.2) is 18.2 Å². The molecule has 3 heterocycles. The smallest absolute Gasteiger partial charge is 0.235 e. The summed E-state index contributed by atoms with van der Waals surface area (Å²) in [6.07, 6.45) is 4.48. The quantitative estimate of drug-likeness (QED) is 0.769. The lowest BCUT2D eigenvalue weighted by Gasteiger charge is -2.52. The Morgan fingerprint density at radius 1 is 1.12 bits per heavy atom. The standard InChI is InChI=1S/C20H28N2O3/c1-3-15(4-2)12-21-9-7-20(8-10-21)13-22(19(20)23)16-5-6-17-18(11-16)25-14-24-17/h5-6,11,15H,3-4,7-10,12-14H2,1-2H3. The second-order valence-corrected chi connectivity index (χ2v) is 7.69. The fourth-order valence-corrected chi connectivity index (χ4v) is 4.35. The van der Waals surface area contributed by atoms with Crippen molar-refractivity contribution in [3.05, 3.63) is 18.2 Å². The molecule has 0 unspecified atom stereocenters. The fourth-order valence-electron chi connectivity index (χ4n) is 4.35. The summed E-state index contributed by atoms with van der Waals surface area (Å²) in [6, 6.07) is 5.78. The minimum Gasteiger partial charge on any atom is -0.454 e. The number of anilines is 1. The maximum absolute atomic E-state index is 12.9. The molecule has 1 spiro atoms. The van der Waals surface area contributed by atoms with Gasteiger partial charge in [0, 0.05) is 24.8 Å². The number of hydrogen-bond acceptors (Lipinski definition) is 4. The zero-order valence-corrected chi connectivity index (χ0v) is 15.3. The van der Waals surface area contributed by atoms with E-state index in [1.807, 2.05) is 23.1 Å². The van der Waals surface area contributed by atoms with Crippen molar-refractivity contribution in [2.45, 2.75) is 39.5 Å². The van der Waals surface area contributed by atoms with Crippen LogP contribution in [0, 0.1) is 11.3 Å². The molecule has 0 N–H and O–H groups in total. The number of ether oxygens (including phenoxy) is 2. The van der Waals surface area contributed by atoms with E-state index >= 15 is 0 Å². The van der Waals surface area contributed by atoms with Crippen LogP contribution in [0.1, 0.15) is 39.5 Å². The average Bonchev–Trinajstić information content (AvgIpc) is 3.12. The van der Waals surface area contributed by atoms with E-state index in [0.717, 1.165) is 55.6 Å². The van der Waals surface area contributed by atoms with Crippen molar-refractivity contribution in [1.82, 2.24) is 4.90 Å². The lowest BCUT2D eigenvalue weighted by atomic mass is 9.70. The van der Waals surface area contributed by atoms with Gasteiger partial charge in [-0.3, -0.25) is 4.79 Å². The zero-order valence-electron chi connectivity index (χ0n) is 15.3. The van der Waals surface area contributed by atoms with Gasteiger partial charge in [-0.25, -0.2) is 0 Å². The summed E-state index contributed by atoms with van der Waals surface area (Å²) < 4.78 is 10.8. The predicted octanol–water partition coefficient (Wildman–Crippen LogP) is 3.28. The van der Waals surface area contributed by atoms with Crippen molar-refractivity contribution in [2.24, 2.45) is 11.3 Å². The van der Waals surface area contributed by atoms with Crippen LogP contribution < -0.4 is 14.4 Å². The molecule has 1 aromatic carbocycles. The Kier molecular flexibility index (Phi) is 4.36. The van der Waals surface area contributed by atoms with Crippen molar-refractivity contribution < 1.29 is 14.3 Å². The number of amides is 1. The van der Waals surface area contributed by atoms with Gasteiger partial charge in [-0.1, -0.05) is 26.7 Å². The molecule has 3 aliphatic rings. The lowest BCUT2D eigenvalue weighted by molar-refractivity contribution is -0.138. The Hall–Kier alpha value is -1.75. The number of likely N-dealkylation sites (tertiary alicyclic amines) is 1. The molecule has 4 rings (SSSR count). The second kappa shape index (κ2) is 6.52. The number of nitrogens with zero attached hydrogens (tertiary/aromatic N) is 2. The average molecular weight is 344 g/mol. The summed E-state index contributed by atoms with van der Waals surface area (Å²) in [5.74, 6) is 2.58. The van der Waals surface area contributed by atoms with Crippen molar-refractivity contribution in [3.8, 4) is 11.5 Å². The molecule has 2 saturated heterocycles. The molecule has 1 amide bonds. The summed E-state index contributed by atoms with van der Waals surface area (Å²) in [7, 11) is 0. The van der Waals surface area contributed by atoms with E-state index in [2.05, 4.69) is 18.7 Å². The van der Waals surface area contributed by atoms with Crippen molar-refractivity contribution in [2.75, 3.05) is 37.9 Å². The Bertz CT molecular complexity index is 648. The van der Waals surface area contributed by atoms with Gasteiger partial charge in [0.2, 0.25) is 12.7 Å². The normalized spacial score (nSPS) is 21.9. The number of β-lactam (4-membered cyclic amide) rings is 1. The third-order valence-corrected chi connectivity index (χ3v) is 6.31. The molecule has 5 nitrogen and oxygen atoms in total. The topological polar surface area (TPSA) is 42.0 Å². The second-order valence-electron chi connectivity index (χ2n) is 7.69. The van der Waals surface area contributed by atoms with Gasteiger partial charge in [-0.15, -0.1) is 0 Å². The molecule has 0 aromatic heterocycles. The van der Waals surface area contributed by atoms with Crippen LogP contribution in [0.25, 0.3) is 0 Å². The minimum atomic E-state index is -0.124. The van der Waals surface area contributed by atoms with E-state index in [9.17, 15) is 4.79 Å². The SMILES string of the molecule is CCC(CC)CN1CCC2(CC1)CN(c1ccc3c(c1)OCO3)C2=O. The Labute approximate surface area is 149 Å². The molecule has 3 aliphatic heterocycles. The first-order valence-corrected chi connectivity index (χ1v) is 9.59. The van der Waals surface area contributed by atoms with Gasteiger partial charge >= 0.3 is 0 Å². The molecule has 25 heavy (non-hydrogen) atoms. The molecule has 0 saturated carbocycles. The van der Waals surface area contributed by atoms with Gasteiger partial charge in [0.05, 0.1) is 5.41 Å². The van der Waals surface area contributed by atoms with Gasteiger partial charge < -0.3 is 19.3 Å². The van der Waals surface area contributed by atoms with Crippen LogP contribution in [-0.2, 0) is 4.79 Å². The number of fused-ring (bicyclic) bond motifs is 1. The number of piperidine rings is 1. The first kappa shape index (κ1) is 16.7. The highest BCUT2D eigenvalue weighted by Gasteiger charge is 2.53. The highest BCUT2D eigenvalue weighted by atomic mass is 16.7. The van der Waals surface area contributed by atoms with E-state index in [-0.39, 0.29) is 18.1 Å². The van der Waals surface area contributed by atoms with E-state index in [1.54, 1.807) is 0 Å². The number of carbonyl (C=O) groups excluding carboxylic acids is 1. The van der Waals surface area contributed by atoms with Gasteiger partial charge in [0.15, 0.2) is 11.5 Å². The number of rotatable bonds is 5. The van der Waals surface area contributed by atoms with E-state index in [0.29, 0.717) is 0 Å². The van der Waals surface area contributed by atoms with Gasteiger partial charge in [0.25, 0.3) is 0 Å². The molecular weight excluding hydrogens is 316 g/mol. The minimum absolute atomic E-state index is 0.124. The highest BCUT2D eigenvalue weighted by molar-refractivity contribution is 6.04. The summed E-state index contributed by atoms with van der Waals surface area (Å²) in [6.45, 7) is 8.95. The Balaban J connectivity index is 1.36. The molecule has 1 aromatic rings. The molecule has 0 atom stereocenters. The zero-order chi connectivity index (χ0) is 17.4. The van der Waals surface area contributed by atoms with E-state index in [1.165, 1.54) is 19.4 Å². The molecule has 136 valence electrons. The Morgan fingerprint density at radius 3 is 2.52 bits per heavy atom. The van der Waals surface area contributed by atoms with Crippen LogP contribution in [0.2, 0.25) is 0 Å². The number of hydrogen-bond donors (Lipinski definition) is 0. The molecule has 2 fully saturated rings. The van der Waals surface area contributed by atoms with Crippen LogP contribution in [0.3, 0.4) is 0 Å². The van der Waals surface area contributed by atoms with Crippen LogP contribution >= 0.6 is 0 Å². The van der Waals surface area contributed by atoms with Crippen molar-refractivity contribution >= 4 is 11.6 Å². The summed E-state index contributed by atoms with van der Waals surface area (Å²) >= 11 is 0. The third kappa shape index (κ3) is 2.88. The lowest BCUT2D eigenvalue weighted by Crippen LogP contribution is -2.65. The largest absolute Gasteiger partial charge is 0.454 e. The predicted molar refractivity (Wildman–Crippen MR) is 97.1 cm³/mol. The van der Waals surface area contributed by atoms with Crippen molar-refractivity contribution in [1.29, 1.82) is 0 Å². The van der Waals surface area contributed by atoms with Crippen LogP contribution in [0.4, 0.5) is 5.69 Å². The number of benzene rings is 1. The molecule has 0 aliphatic carbocycles. The van der Waals surface area contributed by atoms with Crippen LogP contribution in [0.5, 0.6) is 11.5 Å². The summed E-state index contributed by atoms with van der Waals surface area (Å²) in [4.78, 5) is 17.4.